The Labute approximate surface area is 140 Å². The summed E-state index contributed by atoms with van der Waals surface area (Å²) in [6.45, 7) is 1.44. The van der Waals surface area contributed by atoms with Crippen LogP contribution in [-0.2, 0) is 0 Å². The van der Waals surface area contributed by atoms with Crippen LogP contribution in [0.4, 0.5) is 4.39 Å². The first-order chi connectivity index (χ1) is 11.7. The Balaban J connectivity index is 1.49. The maximum atomic E-state index is 12.8. The van der Waals surface area contributed by atoms with Crippen LogP contribution in [0, 0.1) is 5.82 Å². The second-order valence-corrected chi connectivity index (χ2v) is 5.44. The molecule has 0 bridgehead atoms. The van der Waals surface area contributed by atoms with Crippen molar-refractivity contribution in [2.24, 2.45) is 10.7 Å². The molecule has 1 atom stereocenters. The highest BCUT2D eigenvalue weighted by atomic mass is 19.1. The van der Waals surface area contributed by atoms with E-state index in [0.717, 1.165) is 17.7 Å². The summed E-state index contributed by atoms with van der Waals surface area (Å²) in [5, 5.41) is 3.22. The molecule has 24 heavy (non-hydrogen) atoms. The lowest BCUT2D eigenvalue weighted by Crippen LogP contribution is -2.37. The first-order valence-corrected chi connectivity index (χ1v) is 7.89. The van der Waals surface area contributed by atoms with E-state index in [4.69, 9.17) is 15.2 Å². The predicted molar refractivity (Wildman–Crippen MR) is 90.8 cm³/mol. The number of nitrogens with two attached hydrogens (primary N) is 1. The van der Waals surface area contributed by atoms with Crippen molar-refractivity contribution in [2.45, 2.75) is 12.5 Å². The summed E-state index contributed by atoms with van der Waals surface area (Å²) >= 11 is 0. The number of hydrogen-bond donors (Lipinski definition) is 2. The molecule has 0 radical (unpaired) electrons. The molecule has 6 heteroatoms. The summed E-state index contributed by atoms with van der Waals surface area (Å²) in [4.78, 5) is 4.27. The minimum atomic E-state index is -0.287. The molecule has 0 fully saturated rings. The first-order valence-electron chi connectivity index (χ1n) is 7.89. The molecule has 1 heterocycles. The van der Waals surface area contributed by atoms with E-state index in [1.54, 1.807) is 12.1 Å². The third-order valence-corrected chi connectivity index (χ3v) is 3.74. The number of hydrogen-bond acceptors (Lipinski definition) is 3. The molecule has 3 N–H and O–H groups in total. The van der Waals surface area contributed by atoms with Gasteiger partial charge in [-0.05, 0) is 30.3 Å². The van der Waals surface area contributed by atoms with Gasteiger partial charge in [-0.1, -0.05) is 18.2 Å². The standard InChI is InChI=1S/C18H20FN3O2/c19-13-5-7-14(8-6-13)23-12-10-21-18(20)22-16-9-11-24-17-4-2-1-3-15(16)17/h1-8,16H,9-12H2,(H3,20,21,22). The summed E-state index contributed by atoms with van der Waals surface area (Å²) in [5.41, 5.74) is 7.04. The largest absolute Gasteiger partial charge is 0.493 e. The molecule has 2 aromatic rings. The normalized spacial score (nSPS) is 16.9. The summed E-state index contributed by atoms with van der Waals surface area (Å²) < 4.78 is 23.9. The van der Waals surface area contributed by atoms with Gasteiger partial charge in [0, 0.05) is 12.0 Å². The minimum Gasteiger partial charge on any atom is -0.493 e. The molecular formula is C18H20FN3O2. The number of guanidine groups is 1. The molecule has 126 valence electrons. The van der Waals surface area contributed by atoms with Crippen molar-refractivity contribution in [3.63, 3.8) is 0 Å². The highest BCUT2D eigenvalue weighted by Crippen LogP contribution is 2.31. The van der Waals surface area contributed by atoms with Crippen molar-refractivity contribution in [3.8, 4) is 11.5 Å². The van der Waals surface area contributed by atoms with E-state index < -0.39 is 0 Å². The molecule has 0 aromatic heterocycles. The molecule has 0 amide bonds. The molecule has 0 saturated carbocycles. The lowest BCUT2D eigenvalue weighted by atomic mass is 10.0. The minimum absolute atomic E-state index is 0.0942. The number of nitrogens with zero attached hydrogens (tertiary/aromatic N) is 1. The number of benzene rings is 2. The average Bonchev–Trinajstić information content (AvgIpc) is 2.61. The van der Waals surface area contributed by atoms with Crippen molar-refractivity contribution in [2.75, 3.05) is 19.8 Å². The van der Waals surface area contributed by atoms with Gasteiger partial charge < -0.3 is 20.5 Å². The van der Waals surface area contributed by atoms with Gasteiger partial charge >= 0.3 is 0 Å². The van der Waals surface area contributed by atoms with Crippen LogP contribution < -0.4 is 20.5 Å². The zero-order valence-corrected chi connectivity index (χ0v) is 13.2. The zero-order valence-electron chi connectivity index (χ0n) is 13.2. The Morgan fingerprint density at radius 1 is 1.25 bits per heavy atom. The maximum absolute atomic E-state index is 12.8. The van der Waals surface area contributed by atoms with E-state index in [2.05, 4.69) is 10.3 Å². The summed E-state index contributed by atoms with van der Waals surface area (Å²) in [5.74, 6) is 1.58. The van der Waals surface area contributed by atoms with Crippen LogP contribution in [0.3, 0.4) is 0 Å². The Bertz CT molecular complexity index is 704. The van der Waals surface area contributed by atoms with E-state index in [0.29, 0.717) is 31.5 Å². The van der Waals surface area contributed by atoms with Gasteiger partial charge in [0.15, 0.2) is 5.96 Å². The lowest BCUT2D eigenvalue weighted by molar-refractivity contribution is 0.262. The third kappa shape index (κ3) is 4.16. The van der Waals surface area contributed by atoms with Crippen LogP contribution in [0.1, 0.15) is 18.0 Å². The average molecular weight is 329 g/mol. The summed E-state index contributed by atoms with van der Waals surface area (Å²) in [6.07, 6.45) is 0.833. The van der Waals surface area contributed by atoms with Crippen molar-refractivity contribution in [3.05, 3.63) is 59.9 Å². The topological polar surface area (TPSA) is 68.9 Å². The fraction of sp³-hybridized carbons (Fsp3) is 0.278. The maximum Gasteiger partial charge on any atom is 0.189 e. The quantitative estimate of drug-likeness (QED) is 0.503. The van der Waals surface area contributed by atoms with Crippen molar-refractivity contribution in [1.82, 2.24) is 5.32 Å². The molecule has 1 aliphatic rings. The molecule has 2 aromatic carbocycles. The Morgan fingerprint density at radius 3 is 2.88 bits per heavy atom. The molecule has 3 rings (SSSR count). The summed E-state index contributed by atoms with van der Waals surface area (Å²) in [7, 11) is 0. The SMILES string of the molecule is NC(=NCCOc1ccc(F)cc1)NC1CCOc2ccccc21. The second kappa shape index (κ2) is 7.68. The molecule has 0 saturated heterocycles. The Kier molecular flexibility index (Phi) is 5.15. The molecular weight excluding hydrogens is 309 g/mol. The van der Waals surface area contributed by atoms with Gasteiger partial charge in [-0.2, -0.15) is 0 Å². The van der Waals surface area contributed by atoms with Crippen molar-refractivity contribution in [1.29, 1.82) is 0 Å². The van der Waals surface area contributed by atoms with Crippen LogP contribution in [0.5, 0.6) is 11.5 Å². The van der Waals surface area contributed by atoms with Crippen LogP contribution in [0.25, 0.3) is 0 Å². The number of para-hydroxylation sites is 1. The molecule has 1 unspecified atom stereocenters. The van der Waals surface area contributed by atoms with Gasteiger partial charge in [-0.25, -0.2) is 9.38 Å². The van der Waals surface area contributed by atoms with Gasteiger partial charge in [-0.15, -0.1) is 0 Å². The monoisotopic (exact) mass is 329 g/mol. The van der Waals surface area contributed by atoms with Crippen molar-refractivity contribution >= 4 is 5.96 Å². The third-order valence-electron chi connectivity index (χ3n) is 3.74. The van der Waals surface area contributed by atoms with Crippen LogP contribution in [-0.4, -0.2) is 25.7 Å². The smallest absolute Gasteiger partial charge is 0.189 e. The number of fused-ring (bicyclic) bond motifs is 1. The molecule has 0 spiro atoms. The molecule has 1 aliphatic heterocycles. The number of aliphatic imine (C=N–C) groups is 1. The van der Waals surface area contributed by atoms with E-state index in [-0.39, 0.29) is 11.9 Å². The van der Waals surface area contributed by atoms with Gasteiger partial charge in [0.2, 0.25) is 0 Å². The summed E-state index contributed by atoms with van der Waals surface area (Å²) in [6, 6.07) is 13.9. The van der Waals surface area contributed by atoms with Crippen LogP contribution in [0.15, 0.2) is 53.5 Å². The van der Waals surface area contributed by atoms with Gasteiger partial charge in [0.1, 0.15) is 23.9 Å². The van der Waals surface area contributed by atoms with Crippen LogP contribution in [0.2, 0.25) is 0 Å². The molecule has 0 aliphatic carbocycles. The zero-order chi connectivity index (χ0) is 16.8. The van der Waals surface area contributed by atoms with Gasteiger partial charge in [0.05, 0.1) is 19.2 Å². The van der Waals surface area contributed by atoms with Gasteiger partial charge in [-0.3, -0.25) is 0 Å². The predicted octanol–water partition coefficient (Wildman–Crippen LogP) is 2.63. The van der Waals surface area contributed by atoms with E-state index in [1.165, 1.54) is 12.1 Å². The Hall–Kier alpha value is -2.76. The van der Waals surface area contributed by atoms with E-state index in [1.807, 2.05) is 24.3 Å². The number of halogens is 1. The van der Waals surface area contributed by atoms with Crippen molar-refractivity contribution < 1.29 is 13.9 Å². The fourth-order valence-electron chi connectivity index (χ4n) is 2.58. The van der Waals surface area contributed by atoms with E-state index in [9.17, 15) is 4.39 Å². The van der Waals surface area contributed by atoms with Gasteiger partial charge in [0.25, 0.3) is 0 Å². The first kappa shape index (κ1) is 16.1. The molecule has 5 nitrogen and oxygen atoms in total. The highest BCUT2D eigenvalue weighted by molar-refractivity contribution is 5.78. The van der Waals surface area contributed by atoms with E-state index >= 15 is 0 Å². The lowest BCUT2D eigenvalue weighted by Gasteiger charge is -2.26. The number of ether oxygens (including phenoxy) is 2. The Morgan fingerprint density at radius 2 is 2.04 bits per heavy atom. The second-order valence-electron chi connectivity index (χ2n) is 5.44. The van der Waals surface area contributed by atoms with Crippen LogP contribution >= 0.6 is 0 Å². The number of nitrogens with one attached hydrogen (secondary N) is 1. The highest BCUT2D eigenvalue weighted by Gasteiger charge is 2.21. The fourth-order valence-corrected chi connectivity index (χ4v) is 2.58. The number of rotatable bonds is 5.